The van der Waals surface area contributed by atoms with Gasteiger partial charge in [-0.3, -0.25) is 20.2 Å². The number of methoxy groups -OCH3 is 1. The largest absolute Gasteiger partial charge is 0.496 e. The maximum Gasteiger partial charge on any atom is 0.345 e. The van der Waals surface area contributed by atoms with Gasteiger partial charge in [0.15, 0.2) is 5.13 Å². The molecule has 27 heavy (non-hydrogen) atoms. The lowest BCUT2D eigenvalue weighted by Gasteiger charge is -2.13. The molecule has 0 aliphatic carbocycles. The van der Waals surface area contributed by atoms with E-state index in [0.717, 1.165) is 45.2 Å². The summed E-state index contributed by atoms with van der Waals surface area (Å²) < 4.78 is 11.1. The van der Waals surface area contributed by atoms with Gasteiger partial charge in [0, 0.05) is 22.6 Å². The minimum atomic E-state index is -0.551. The van der Waals surface area contributed by atoms with Crippen molar-refractivity contribution < 1.29 is 18.9 Å². The Bertz CT molecular complexity index is 1080. The molecule has 2 heterocycles. The second kappa shape index (κ2) is 7.20. The van der Waals surface area contributed by atoms with Crippen LogP contribution in [0, 0.1) is 24.0 Å². The molecule has 3 aromatic rings. The number of nitro groups is 1. The van der Waals surface area contributed by atoms with Gasteiger partial charge in [-0.05, 0) is 49.3 Å². The van der Waals surface area contributed by atoms with Crippen molar-refractivity contribution in [2.24, 2.45) is 0 Å². The van der Waals surface area contributed by atoms with Crippen LogP contribution in [0.5, 0.6) is 5.75 Å². The second-order valence-corrected chi connectivity index (χ2v) is 6.96. The molecule has 8 nitrogen and oxygen atoms in total. The summed E-state index contributed by atoms with van der Waals surface area (Å²) in [5.41, 5.74) is 4.04. The zero-order valence-electron chi connectivity index (χ0n) is 15.2. The Hall–Kier alpha value is -3.20. The number of furan rings is 1. The number of fused-ring (bicyclic) bond motifs is 1. The summed E-state index contributed by atoms with van der Waals surface area (Å²) >= 11 is 0.799. The summed E-state index contributed by atoms with van der Waals surface area (Å²) in [5.74, 6) is 0.198. The number of thiazole rings is 1. The fourth-order valence-corrected chi connectivity index (χ4v) is 3.45. The first-order valence-electron chi connectivity index (χ1n) is 7.97. The molecule has 0 radical (unpaired) electrons. The van der Waals surface area contributed by atoms with E-state index in [1.807, 2.05) is 19.9 Å². The molecule has 1 aromatic carbocycles. The first-order chi connectivity index (χ1) is 12.8. The van der Waals surface area contributed by atoms with E-state index in [-0.39, 0.29) is 10.1 Å². The van der Waals surface area contributed by atoms with E-state index in [2.05, 4.69) is 10.3 Å². The molecule has 0 aliphatic heterocycles. The van der Waals surface area contributed by atoms with Gasteiger partial charge in [-0.1, -0.05) is 0 Å². The van der Waals surface area contributed by atoms with E-state index in [9.17, 15) is 14.9 Å². The Labute approximate surface area is 158 Å². The van der Waals surface area contributed by atoms with Crippen molar-refractivity contribution in [2.45, 2.75) is 20.8 Å². The smallest absolute Gasteiger partial charge is 0.345 e. The van der Waals surface area contributed by atoms with Crippen LogP contribution in [-0.2, 0) is 4.79 Å². The Morgan fingerprint density at radius 1 is 1.44 bits per heavy atom. The number of anilines is 1. The highest BCUT2D eigenvalue weighted by molar-refractivity contribution is 7.18. The average Bonchev–Trinajstić information content (AvgIpc) is 3.22. The minimum absolute atomic E-state index is 0.135. The fourth-order valence-electron chi connectivity index (χ4n) is 2.82. The van der Waals surface area contributed by atoms with E-state index >= 15 is 0 Å². The van der Waals surface area contributed by atoms with Gasteiger partial charge < -0.3 is 9.15 Å². The van der Waals surface area contributed by atoms with Gasteiger partial charge in [0.2, 0.25) is 5.91 Å². The highest BCUT2D eigenvalue weighted by atomic mass is 32.1. The van der Waals surface area contributed by atoms with Crippen molar-refractivity contribution in [1.29, 1.82) is 0 Å². The number of carbonyl (C=O) groups excluding carboxylic acids is 1. The van der Waals surface area contributed by atoms with Crippen LogP contribution in [0.4, 0.5) is 10.1 Å². The third kappa shape index (κ3) is 3.54. The van der Waals surface area contributed by atoms with Gasteiger partial charge in [-0.15, -0.1) is 0 Å². The van der Waals surface area contributed by atoms with Crippen molar-refractivity contribution in [3.05, 3.63) is 51.4 Å². The SMILES string of the molecule is COc1c(/C(C)=C/C(=O)Nc2ncc([N+](=O)[O-])s2)cc2c(C)coc2c1C. The lowest BCUT2D eigenvalue weighted by molar-refractivity contribution is -0.380. The molecule has 0 unspecified atom stereocenters. The maximum absolute atomic E-state index is 12.3. The molecule has 0 fully saturated rings. The number of benzene rings is 1. The number of carbonyl (C=O) groups is 1. The molecule has 9 heteroatoms. The zero-order valence-corrected chi connectivity index (χ0v) is 16.0. The Morgan fingerprint density at radius 3 is 2.81 bits per heavy atom. The van der Waals surface area contributed by atoms with Gasteiger partial charge >= 0.3 is 5.00 Å². The molecule has 2 aromatic heterocycles. The minimum Gasteiger partial charge on any atom is -0.496 e. The quantitative estimate of drug-likeness (QED) is 0.393. The number of hydrogen-bond donors (Lipinski definition) is 1. The number of amides is 1. The predicted molar refractivity (Wildman–Crippen MR) is 103 cm³/mol. The fraction of sp³-hybridized carbons (Fsp3) is 0.222. The third-order valence-electron chi connectivity index (χ3n) is 4.12. The molecular weight excluding hydrogens is 370 g/mol. The second-order valence-electron chi connectivity index (χ2n) is 5.96. The van der Waals surface area contributed by atoms with Crippen molar-refractivity contribution in [1.82, 2.24) is 4.98 Å². The number of nitrogens with zero attached hydrogens (tertiary/aromatic N) is 2. The van der Waals surface area contributed by atoms with Crippen LogP contribution in [0.1, 0.15) is 23.6 Å². The number of hydrogen-bond acceptors (Lipinski definition) is 7. The van der Waals surface area contributed by atoms with Crippen LogP contribution >= 0.6 is 11.3 Å². The molecule has 0 aliphatic rings. The summed E-state index contributed by atoms with van der Waals surface area (Å²) in [4.78, 5) is 26.3. The predicted octanol–water partition coefficient (Wildman–Crippen LogP) is 4.46. The van der Waals surface area contributed by atoms with Crippen LogP contribution in [-0.4, -0.2) is 22.9 Å². The summed E-state index contributed by atoms with van der Waals surface area (Å²) in [5, 5.41) is 14.2. The van der Waals surface area contributed by atoms with Crippen LogP contribution in [0.3, 0.4) is 0 Å². The van der Waals surface area contributed by atoms with Gasteiger partial charge in [0.1, 0.15) is 17.5 Å². The lowest BCUT2D eigenvalue weighted by Crippen LogP contribution is -2.08. The highest BCUT2D eigenvalue weighted by Gasteiger charge is 2.17. The summed E-state index contributed by atoms with van der Waals surface area (Å²) in [6.45, 7) is 5.64. The number of rotatable bonds is 5. The van der Waals surface area contributed by atoms with Crippen LogP contribution < -0.4 is 10.1 Å². The average molecular weight is 387 g/mol. The molecule has 0 saturated heterocycles. The molecule has 0 spiro atoms. The van der Waals surface area contributed by atoms with Gasteiger partial charge in [0.25, 0.3) is 0 Å². The third-order valence-corrected chi connectivity index (χ3v) is 4.98. The number of nitrogens with one attached hydrogen (secondary N) is 1. The van der Waals surface area contributed by atoms with E-state index < -0.39 is 10.8 Å². The first-order valence-corrected chi connectivity index (χ1v) is 8.78. The molecular formula is C18H17N3O5S. The van der Waals surface area contributed by atoms with Crippen molar-refractivity contribution in [3.8, 4) is 5.75 Å². The maximum atomic E-state index is 12.3. The van der Waals surface area contributed by atoms with E-state index in [1.54, 1.807) is 20.3 Å². The number of aromatic nitrogens is 1. The molecule has 0 atom stereocenters. The molecule has 0 bridgehead atoms. The normalized spacial score (nSPS) is 11.6. The molecule has 140 valence electrons. The van der Waals surface area contributed by atoms with Crippen molar-refractivity contribution >= 4 is 43.9 Å². The molecule has 1 amide bonds. The van der Waals surface area contributed by atoms with Crippen molar-refractivity contribution in [2.75, 3.05) is 12.4 Å². The molecule has 0 saturated carbocycles. The van der Waals surface area contributed by atoms with Crippen LogP contribution in [0.15, 0.2) is 29.0 Å². The van der Waals surface area contributed by atoms with E-state index in [4.69, 9.17) is 9.15 Å². The monoisotopic (exact) mass is 387 g/mol. The first kappa shape index (κ1) is 18.6. The summed E-state index contributed by atoms with van der Waals surface area (Å²) in [6, 6.07) is 1.92. The molecule has 3 rings (SSSR count). The number of ether oxygens (including phenoxy) is 1. The van der Waals surface area contributed by atoms with Crippen LogP contribution in [0.2, 0.25) is 0 Å². The highest BCUT2D eigenvalue weighted by Crippen LogP contribution is 2.37. The van der Waals surface area contributed by atoms with E-state index in [1.165, 1.54) is 6.08 Å². The lowest BCUT2D eigenvalue weighted by atomic mass is 9.98. The van der Waals surface area contributed by atoms with Gasteiger partial charge in [-0.2, -0.15) is 0 Å². The zero-order chi connectivity index (χ0) is 19.7. The summed E-state index contributed by atoms with van der Waals surface area (Å²) in [7, 11) is 1.56. The van der Waals surface area contributed by atoms with Crippen LogP contribution in [0.25, 0.3) is 16.5 Å². The number of aryl methyl sites for hydroxylation is 2. The topological polar surface area (TPSA) is 108 Å². The standard InChI is InChI=1S/C18H17N3O5S/c1-9(5-14(22)20-18-19-7-15(27-18)21(23)24)12-6-13-10(2)8-26-17(13)11(3)16(12)25-4/h5-8H,1-4H3,(H,19,20,22)/b9-5+. The Morgan fingerprint density at radius 2 is 2.19 bits per heavy atom. The Balaban J connectivity index is 1.93. The van der Waals surface area contributed by atoms with Crippen molar-refractivity contribution in [3.63, 3.8) is 0 Å². The summed E-state index contributed by atoms with van der Waals surface area (Å²) in [6.07, 6.45) is 4.20. The molecule has 1 N–H and O–H groups in total. The Kier molecular flexibility index (Phi) is 4.95. The number of allylic oxidation sites excluding steroid dienone is 1. The van der Waals surface area contributed by atoms with E-state index in [0.29, 0.717) is 11.3 Å². The van der Waals surface area contributed by atoms with Gasteiger partial charge in [-0.25, -0.2) is 4.98 Å². The van der Waals surface area contributed by atoms with Gasteiger partial charge in [0.05, 0.1) is 18.3 Å².